The van der Waals surface area contributed by atoms with E-state index in [-0.39, 0.29) is 110 Å². The van der Waals surface area contributed by atoms with Gasteiger partial charge in [0.05, 0.1) is 61.0 Å². The van der Waals surface area contributed by atoms with Crippen molar-refractivity contribution in [1.82, 2.24) is 0 Å². The number of carbonyl (C=O) groups is 2. The molecular formula is C40H58O11. The number of methoxy groups -OCH3 is 2. The molecule has 0 aromatic carbocycles. The molecule has 9 fully saturated rings. The lowest BCUT2D eigenvalue weighted by Gasteiger charge is -2.40. The van der Waals surface area contributed by atoms with E-state index >= 15 is 0 Å². The van der Waals surface area contributed by atoms with Crippen molar-refractivity contribution >= 4 is 12.1 Å². The number of ether oxygens (including phenoxy) is 9. The maximum Gasteiger partial charge on any atom is 0.172 e. The Morgan fingerprint density at radius 1 is 0.765 bits per heavy atom. The maximum atomic E-state index is 14.0. The van der Waals surface area contributed by atoms with Crippen LogP contribution in [0.3, 0.4) is 0 Å². The summed E-state index contributed by atoms with van der Waals surface area (Å²) >= 11 is 0. The summed E-state index contributed by atoms with van der Waals surface area (Å²) in [7, 11) is 3.36. The van der Waals surface area contributed by atoms with Crippen molar-refractivity contribution in [2.24, 2.45) is 11.8 Å². The zero-order valence-electron chi connectivity index (χ0n) is 30.6. The Balaban J connectivity index is 1.07. The lowest BCUT2D eigenvalue weighted by atomic mass is 9.81. The molecule has 1 spiro atoms. The number of aldehydes is 1. The Morgan fingerprint density at radius 3 is 2.35 bits per heavy atom. The quantitative estimate of drug-likeness (QED) is 0.291. The van der Waals surface area contributed by atoms with Gasteiger partial charge in [-0.3, -0.25) is 4.79 Å². The Hall–Kier alpha value is -1.54. The molecule has 284 valence electrons. The number of hydrogen-bond donors (Lipinski definition) is 0. The molecule has 11 heteroatoms. The summed E-state index contributed by atoms with van der Waals surface area (Å²) in [6.45, 7) is 11.1. The third-order valence-corrected chi connectivity index (χ3v) is 13.4. The van der Waals surface area contributed by atoms with E-state index < -0.39 is 11.9 Å². The molecular weight excluding hydrogens is 656 g/mol. The van der Waals surface area contributed by atoms with E-state index in [1.54, 1.807) is 14.2 Å². The average molecular weight is 715 g/mol. The molecule has 9 aliphatic heterocycles. The number of Topliss-reactive ketones (excluding diaryl/α,β-unsaturated/α-hetero) is 1. The molecule has 9 heterocycles. The van der Waals surface area contributed by atoms with Gasteiger partial charge in [-0.1, -0.05) is 20.1 Å². The van der Waals surface area contributed by atoms with Crippen molar-refractivity contribution in [3.63, 3.8) is 0 Å². The Kier molecular flexibility index (Phi) is 10.7. The second-order valence-corrected chi connectivity index (χ2v) is 16.7. The van der Waals surface area contributed by atoms with Crippen molar-refractivity contribution in [3.8, 4) is 0 Å². The van der Waals surface area contributed by atoms with Crippen LogP contribution in [-0.2, 0) is 52.2 Å². The first-order chi connectivity index (χ1) is 24.7. The van der Waals surface area contributed by atoms with E-state index in [1.807, 2.05) is 0 Å². The van der Waals surface area contributed by atoms with Crippen LogP contribution in [-0.4, -0.2) is 118 Å². The summed E-state index contributed by atoms with van der Waals surface area (Å²) in [6.07, 6.45) is 7.35. The van der Waals surface area contributed by atoms with Gasteiger partial charge in [0.25, 0.3) is 0 Å². The molecule has 17 atom stereocenters. The minimum absolute atomic E-state index is 0.0189. The molecule has 9 rings (SSSR count). The van der Waals surface area contributed by atoms with E-state index in [9.17, 15) is 9.59 Å². The minimum atomic E-state index is -0.803. The number of hydrogen-bond acceptors (Lipinski definition) is 11. The first-order valence-electron chi connectivity index (χ1n) is 19.7. The molecule has 51 heavy (non-hydrogen) atoms. The molecule has 10 unspecified atom stereocenters. The predicted molar refractivity (Wildman–Crippen MR) is 184 cm³/mol. The van der Waals surface area contributed by atoms with Crippen LogP contribution in [0.1, 0.15) is 96.8 Å². The zero-order chi connectivity index (χ0) is 35.4. The van der Waals surface area contributed by atoms with Gasteiger partial charge in [0, 0.05) is 58.7 Å². The van der Waals surface area contributed by atoms with Crippen LogP contribution in [0, 0.1) is 11.8 Å². The third-order valence-electron chi connectivity index (χ3n) is 13.4. The smallest absolute Gasteiger partial charge is 0.172 e. The molecule has 0 aromatic rings. The summed E-state index contributed by atoms with van der Waals surface area (Å²) in [5, 5.41) is 0. The second kappa shape index (κ2) is 14.9. The number of fused-ring (bicyclic) bond motifs is 7. The van der Waals surface area contributed by atoms with Gasteiger partial charge in [0.1, 0.15) is 36.5 Å². The topological polar surface area (TPSA) is 117 Å². The highest BCUT2D eigenvalue weighted by atomic mass is 16.8. The number of rotatable bonds is 4. The van der Waals surface area contributed by atoms with Crippen molar-refractivity contribution < 1.29 is 52.2 Å². The fourth-order valence-corrected chi connectivity index (χ4v) is 10.8. The van der Waals surface area contributed by atoms with E-state index in [0.29, 0.717) is 25.7 Å². The molecule has 0 N–H and O–H groups in total. The first-order valence-corrected chi connectivity index (χ1v) is 19.7. The van der Waals surface area contributed by atoms with Gasteiger partial charge in [0.15, 0.2) is 5.79 Å². The lowest BCUT2D eigenvalue weighted by molar-refractivity contribution is -0.275. The highest BCUT2D eigenvalue weighted by molar-refractivity contribution is 5.79. The van der Waals surface area contributed by atoms with Gasteiger partial charge in [-0.15, -0.1) is 0 Å². The number of ketones is 1. The molecule has 0 aliphatic carbocycles. The monoisotopic (exact) mass is 714 g/mol. The maximum absolute atomic E-state index is 14.0. The summed E-state index contributed by atoms with van der Waals surface area (Å²) in [6, 6.07) is 0. The van der Waals surface area contributed by atoms with Gasteiger partial charge >= 0.3 is 0 Å². The SMILES string of the molecule is C=C1C(C)CC2CC[C@@H]3OC(CC[C@@]45CC6O[C@@H](C(O4)[C@@H]4CCCC(CC(=O)CC7C(CC1O2)O[C@H](CC=O)[C@@H]7OC)O4)[C@@H](OC)C6O5)CC3=C. The highest BCUT2D eigenvalue weighted by Crippen LogP contribution is 2.52. The van der Waals surface area contributed by atoms with Crippen molar-refractivity contribution in [1.29, 1.82) is 0 Å². The first kappa shape index (κ1) is 36.4. The van der Waals surface area contributed by atoms with Gasteiger partial charge in [0.2, 0.25) is 0 Å². The molecule has 11 nitrogen and oxygen atoms in total. The molecule has 9 aliphatic rings. The van der Waals surface area contributed by atoms with E-state index in [1.165, 1.54) is 0 Å². The van der Waals surface area contributed by atoms with Gasteiger partial charge in [-0.25, -0.2) is 0 Å². The van der Waals surface area contributed by atoms with E-state index in [0.717, 1.165) is 68.8 Å². The molecule has 0 aromatic heterocycles. The largest absolute Gasteiger partial charge is 0.378 e. The van der Waals surface area contributed by atoms with Crippen LogP contribution in [0.5, 0.6) is 0 Å². The molecule has 0 radical (unpaired) electrons. The fraction of sp³-hybridized carbons (Fsp3) is 0.850. The van der Waals surface area contributed by atoms with Crippen molar-refractivity contribution in [2.45, 2.75) is 188 Å². The average Bonchev–Trinajstić information content (AvgIpc) is 3.77. The normalized spacial score (nSPS) is 50.4. The van der Waals surface area contributed by atoms with Crippen LogP contribution in [0.4, 0.5) is 0 Å². The van der Waals surface area contributed by atoms with Crippen LogP contribution in [0.2, 0.25) is 0 Å². The molecule has 11 bridgehead atoms. The van der Waals surface area contributed by atoms with Crippen LogP contribution < -0.4 is 0 Å². The lowest BCUT2D eigenvalue weighted by Crippen LogP contribution is -2.50. The van der Waals surface area contributed by atoms with Crippen LogP contribution >= 0.6 is 0 Å². The Bertz CT molecular complexity index is 1320. The standard InChI is InChI=1S/C40H58O11/c1-21-15-26-9-10-29-22(2)16-27(45-29)11-13-40-20-34-37(51-40)38(44-5)39(49-34)36(50-40)30-8-6-7-25(46-30)17-24(42)18-28-33(19-32(47-26)23(21)3)48-31(12-14-41)35(28)43-4/h14,21,25-39H,2-3,6-13,15-20H2,1,4-5H3/t21?,25?,26?,27?,28?,29-,30-,31+,32?,33?,34?,35+,36?,37?,38-,39-,40+/m0/s1. The molecule has 9 saturated heterocycles. The zero-order valence-corrected chi connectivity index (χ0v) is 30.6. The molecule has 0 amide bonds. The minimum Gasteiger partial charge on any atom is -0.378 e. The van der Waals surface area contributed by atoms with E-state index in [4.69, 9.17) is 42.6 Å². The summed E-state index contributed by atoms with van der Waals surface area (Å²) < 4.78 is 59.1. The van der Waals surface area contributed by atoms with Gasteiger partial charge < -0.3 is 47.4 Å². The summed E-state index contributed by atoms with van der Waals surface area (Å²) in [5.41, 5.74) is 2.19. The molecule has 0 saturated carbocycles. The van der Waals surface area contributed by atoms with E-state index in [2.05, 4.69) is 20.1 Å². The van der Waals surface area contributed by atoms with Gasteiger partial charge in [-0.2, -0.15) is 0 Å². The highest BCUT2D eigenvalue weighted by Gasteiger charge is 2.65. The Morgan fingerprint density at radius 2 is 1.55 bits per heavy atom. The third kappa shape index (κ3) is 7.09. The van der Waals surface area contributed by atoms with Gasteiger partial charge in [-0.05, 0) is 68.4 Å². The fourth-order valence-electron chi connectivity index (χ4n) is 10.8. The summed E-state index contributed by atoms with van der Waals surface area (Å²) in [4.78, 5) is 25.6. The van der Waals surface area contributed by atoms with Crippen molar-refractivity contribution in [3.05, 3.63) is 24.3 Å². The van der Waals surface area contributed by atoms with Crippen molar-refractivity contribution in [2.75, 3.05) is 14.2 Å². The second-order valence-electron chi connectivity index (χ2n) is 16.7. The van der Waals surface area contributed by atoms with Crippen LogP contribution in [0.25, 0.3) is 0 Å². The Labute approximate surface area is 302 Å². The summed E-state index contributed by atoms with van der Waals surface area (Å²) in [5.74, 6) is -0.630. The predicted octanol–water partition coefficient (Wildman–Crippen LogP) is 4.96. The van der Waals surface area contributed by atoms with Crippen LogP contribution in [0.15, 0.2) is 24.3 Å². The number of carbonyl (C=O) groups excluding carboxylic acids is 2.